The van der Waals surface area contributed by atoms with E-state index in [1.165, 1.54) is 12.8 Å². The molecule has 2 aromatic rings. The van der Waals surface area contributed by atoms with Crippen molar-refractivity contribution in [3.8, 4) is 0 Å². The third kappa shape index (κ3) is 2.35. The van der Waals surface area contributed by atoms with E-state index in [9.17, 15) is 0 Å². The average Bonchev–Trinajstić information content (AvgIpc) is 2.71. The van der Waals surface area contributed by atoms with Gasteiger partial charge in [-0.05, 0) is 53.7 Å². The molecule has 0 aliphatic heterocycles. The summed E-state index contributed by atoms with van der Waals surface area (Å²) in [6.45, 7) is 0. The molecule has 1 fully saturated rings. The first kappa shape index (κ1) is 11.9. The Bertz CT molecular complexity index is 552. The lowest BCUT2D eigenvalue weighted by Crippen LogP contribution is -2.35. The van der Waals surface area contributed by atoms with Crippen LogP contribution in [-0.4, -0.2) is 26.7 Å². The van der Waals surface area contributed by atoms with Crippen LogP contribution in [0.4, 0.5) is 5.82 Å². The molecule has 5 nitrogen and oxygen atoms in total. The SMILES string of the molecule is NC1CCCC(Nc2ccc3ncc(Br)n3n2)C1. The smallest absolute Gasteiger partial charge is 0.154 e. The van der Waals surface area contributed by atoms with Gasteiger partial charge >= 0.3 is 0 Å². The maximum absolute atomic E-state index is 5.99. The Hall–Kier alpha value is -1.14. The van der Waals surface area contributed by atoms with Crippen molar-refractivity contribution in [2.75, 3.05) is 5.32 Å². The van der Waals surface area contributed by atoms with Crippen molar-refractivity contribution in [1.29, 1.82) is 0 Å². The second-order valence-electron chi connectivity index (χ2n) is 4.84. The lowest BCUT2D eigenvalue weighted by atomic mass is 9.92. The number of anilines is 1. The summed E-state index contributed by atoms with van der Waals surface area (Å²) in [5.74, 6) is 0.875. The average molecular weight is 310 g/mol. The quantitative estimate of drug-likeness (QED) is 0.892. The van der Waals surface area contributed by atoms with Crippen molar-refractivity contribution < 1.29 is 0 Å². The molecular weight excluding hydrogens is 294 g/mol. The third-order valence-corrected chi connectivity index (χ3v) is 3.93. The maximum Gasteiger partial charge on any atom is 0.154 e. The van der Waals surface area contributed by atoms with Crippen LogP contribution in [0.2, 0.25) is 0 Å². The summed E-state index contributed by atoms with van der Waals surface area (Å²) in [5.41, 5.74) is 6.83. The van der Waals surface area contributed by atoms with Crippen molar-refractivity contribution in [2.24, 2.45) is 5.73 Å². The van der Waals surface area contributed by atoms with E-state index < -0.39 is 0 Å². The normalized spacial score (nSPS) is 24.3. The van der Waals surface area contributed by atoms with E-state index in [0.29, 0.717) is 12.1 Å². The summed E-state index contributed by atoms with van der Waals surface area (Å²) in [6, 6.07) is 4.68. The minimum atomic E-state index is 0.319. The summed E-state index contributed by atoms with van der Waals surface area (Å²) >= 11 is 3.43. The fourth-order valence-electron chi connectivity index (χ4n) is 2.49. The summed E-state index contributed by atoms with van der Waals surface area (Å²) in [6.07, 6.45) is 6.26. The number of imidazole rings is 1. The van der Waals surface area contributed by atoms with Crippen molar-refractivity contribution in [3.63, 3.8) is 0 Å². The highest BCUT2D eigenvalue weighted by Crippen LogP contribution is 2.21. The van der Waals surface area contributed by atoms with E-state index in [4.69, 9.17) is 5.73 Å². The number of nitrogens with two attached hydrogens (primary N) is 1. The van der Waals surface area contributed by atoms with E-state index in [0.717, 1.165) is 28.9 Å². The Balaban J connectivity index is 1.79. The molecule has 3 rings (SSSR count). The number of nitrogens with one attached hydrogen (secondary N) is 1. The molecule has 0 aromatic carbocycles. The highest BCUT2D eigenvalue weighted by Gasteiger charge is 2.19. The zero-order valence-electron chi connectivity index (χ0n) is 10.0. The van der Waals surface area contributed by atoms with Gasteiger partial charge in [0, 0.05) is 12.1 Å². The first-order valence-electron chi connectivity index (χ1n) is 6.25. The number of hydrogen-bond donors (Lipinski definition) is 2. The molecule has 0 bridgehead atoms. The van der Waals surface area contributed by atoms with Crippen molar-refractivity contribution >= 4 is 27.4 Å². The van der Waals surface area contributed by atoms with E-state index >= 15 is 0 Å². The Labute approximate surface area is 114 Å². The minimum absolute atomic E-state index is 0.319. The largest absolute Gasteiger partial charge is 0.366 e. The monoisotopic (exact) mass is 309 g/mol. The van der Waals surface area contributed by atoms with E-state index in [1.54, 1.807) is 10.7 Å². The number of aromatic nitrogens is 3. The van der Waals surface area contributed by atoms with Crippen LogP contribution in [0.5, 0.6) is 0 Å². The molecule has 3 N–H and O–H groups in total. The summed E-state index contributed by atoms with van der Waals surface area (Å²) < 4.78 is 2.65. The minimum Gasteiger partial charge on any atom is -0.366 e. The van der Waals surface area contributed by atoms with Gasteiger partial charge in [0.1, 0.15) is 10.4 Å². The molecule has 18 heavy (non-hydrogen) atoms. The summed E-state index contributed by atoms with van der Waals surface area (Å²) in [7, 11) is 0. The van der Waals surface area contributed by atoms with Gasteiger partial charge in [0.05, 0.1) is 6.20 Å². The van der Waals surface area contributed by atoms with Crippen LogP contribution in [0.25, 0.3) is 5.65 Å². The van der Waals surface area contributed by atoms with Crippen molar-refractivity contribution in [3.05, 3.63) is 22.9 Å². The fraction of sp³-hybridized carbons (Fsp3) is 0.500. The lowest BCUT2D eigenvalue weighted by molar-refractivity contribution is 0.408. The van der Waals surface area contributed by atoms with Gasteiger partial charge < -0.3 is 11.1 Å². The number of halogens is 1. The van der Waals surface area contributed by atoms with Crippen LogP contribution >= 0.6 is 15.9 Å². The molecule has 1 saturated carbocycles. The molecule has 0 spiro atoms. The Morgan fingerprint density at radius 1 is 1.39 bits per heavy atom. The molecule has 2 aromatic heterocycles. The van der Waals surface area contributed by atoms with E-state index in [-0.39, 0.29) is 0 Å². The standard InChI is InChI=1S/C12H16BrN5/c13-10-7-15-12-5-4-11(17-18(10)12)16-9-3-1-2-8(14)6-9/h4-5,7-9H,1-3,6,14H2,(H,16,17). The number of hydrogen-bond acceptors (Lipinski definition) is 4. The number of fused-ring (bicyclic) bond motifs is 1. The van der Waals surface area contributed by atoms with Crippen LogP contribution in [-0.2, 0) is 0 Å². The van der Waals surface area contributed by atoms with Crippen molar-refractivity contribution in [2.45, 2.75) is 37.8 Å². The van der Waals surface area contributed by atoms with Gasteiger partial charge in [-0.1, -0.05) is 0 Å². The van der Waals surface area contributed by atoms with E-state index in [1.807, 2.05) is 12.1 Å². The summed E-state index contributed by atoms with van der Waals surface area (Å²) in [5, 5.41) is 7.97. The van der Waals surface area contributed by atoms with Crippen LogP contribution in [0.3, 0.4) is 0 Å². The Morgan fingerprint density at radius 2 is 2.28 bits per heavy atom. The molecule has 96 valence electrons. The van der Waals surface area contributed by atoms with Gasteiger partial charge in [-0.2, -0.15) is 0 Å². The molecule has 0 amide bonds. The van der Waals surface area contributed by atoms with Crippen molar-refractivity contribution in [1.82, 2.24) is 14.6 Å². The number of nitrogens with zero attached hydrogens (tertiary/aromatic N) is 3. The molecule has 0 saturated heterocycles. The van der Waals surface area contributed by atoms with Crippen LogP contribution in [0, 0.1) is 0 Å². The van der Waals surface area contributed by atoms with Crippen LogP contribution in [0.1, 0.15) is 25.7 Å². The van der Waals surface area contributed by atoms with Crippen LogP contribution < -0.4 is 11.1 Å². The third-order valence-electron chi connectivity index (χ3n) is 3.39. The molecule has 2 unspecified atom stereocenters. The lowest BCUT2D eigenvalue weighted by Gasteiger charge is -2.27. The molecular formula is C12H16BrN5. The Morgan fingerprint density at radius 3 is 3.11 bits per heavy atom. The molecule has 2 atom stereocenters. The first-order valence-corrected chi connectivity index (χ1v) is 7.04. The zero-order valence-corrected chi connectivity index (χ0v) is 11.6. The second-order valence-corrected chi connectivity index (χ2v) is 5.65. The van der Waals surface area contributed by atoms with Gasteiger partial charge in [0.15, 0.2) is 5.65 Å². The van der Waals surface area contributed by atoms with Gasteiger partial charge in [-0.15, -0.1) is 5.10 Å². The highest BCUT2D eigenvalue weighted by atomic mass is 79.9. The van der Waals surface area contributed by atoms with Gasteiger partial charge in [0.25, 0.3) is 0 Å². The highest BCUT2D eigenvalue weighted by molar-refractivity contribution is 9.10. The topological polar surface area (TPSA) is 68.2 Å². The number of rotatable bonds is 2. The van der Waals surface area contributed by atoms with Gasteiger partial charge in [0.2, 0.25) is 0 Å². The maximum atomic E-state index is 5.99. The summed E-state index contributed by atoms with van der Waals surface area (Å²) in [4.78, 5) is 4.22. The fourth-order valence-corrected chi connectivity index (χ4v) is 2.85. The molecule has 0 radical (unpaired) electrons. The predicted octanol–water partition coefficient (Wildman–Crippen LogP) is 2.17. The van der Waals surface area contributed by atoms with Gasteiger partial charge in [-0.25, -0.2) is 9.50 Å². The first-order chi connectivity index (χ1) is 8.72. The van der Waals surface area contributed by atoms with E-state index in [2.05, 4.69) is 31.3 Å². The zero-order chi connectivity index (χ0) is 12.5. The van der Waals surface area contributed by atoms with Crippen LogP contribution in [0.15, 0.2) is 22.9 Å². The second kappa shape index (κ2) is 4.85. The van der Waals surface area contributed by atoms with Gasteiger partial charge in [-0.3, -0.25) is 0 Å². The molecule has 1 aliphatic rings. The predicted molar refractivity (Wildman–Crippen MR) is 74.5 cm³/mol. The molecule has 1 aliphatic carbocycles. The molecule has 2 heterocycles. The molecule has 6 heteroatoms. The Kier molecular flexibility index (Phi) is 3.22.